The molecule has 0 bridgehead atoms. The summed E-state index contributed by atoms with van der Waals surface area (Å²) in [4.78, 5) is 4.40. The van der Waals surface area contributed by atoms with Gasteiger partial charge in [-0.1, -0.05) is 6.07 Å². The Morgan fingerprint density at radius 3 is 2.85 bits per heavy atom. The predicted molar refractivity (Wildman–Crippen MR) is 54.2 cm³/mol. The van der Waals surface area contributed by atoms with Gasteiger partial charge in [-0.05, 0) is 26.0 Å². The highest BCUT2D eigenvalue weighted by atomic mass is 35.5. The van der Waals surface area contributed by atoms with Gasteiger partial charge < -0.3 is 4.40 Å². The number of pyridine rings is 1. The van der Waals surface area contributed by atoms with Crippen LogP contribution in [0.3, 0.4) is 0 Å². The van der Waals surface area contributed by atoms with Gasteiger partial charge in [0.05, 0.1) is 17.1 Å². The van der Waals surface area contributed by atoms with Crippen molar-refractivity contribution in [3.63, 3.8) is 0 Å². The van der Waals surface area contributed by atoms with Crippen molar-refractivity contribution in [3.8, 4) is 0 Å². The maximum atomic E-state index is 5.80. The zero-order valence-electron chi connectivity index (χ0n) is 7.71. The van der Waals surface area contributed by atoms with Crippen molar-refractivity contribution in [1.82, 2.24) is 9.38 Å². The number of aromatic nitrogens is 2. The molecule has 0 fully saturated rings. The van der Waals surface area contributed by atoms with E-state index in [0.29, 0.717) is 5.88 Å². The molecular weight excluding hydrogens is 184 g/mol. The van der Waals surface area contributed by atoms with E-state index in [2.05, 4.69) is 22.4 Å². The summed E-state index contributed by atoms with van der Waals surface area (Å²) >= 11 is 5.80. The molecule has 0 amide bonds. The van der Waals surface area contributed by atoms with Crippen LogP contribution in [0.25, 0.3) is 5.52 Å². The van der Waals surface area contributed by atoms with Gasteiger partial charge in [0, 0.05) is 5.69 Å². The van der Waals surface area contributed by atoms with E-state index in [1.807, 2.05) is 19.1 Å². The van der Waals surface area contributed by atoms with Crippen LogP contribution in [-0.2, 0) is 5.88 Å². The number of aryl methyl sites for hydroxylation is 2. The molecule has 2 heterocycles. The quantitative estimate of drug-likeness (QED) is 0.638. The summed E-state index contributed by atoms with van der Waals surface area (Å²) < 4.78 is 2.12. The highest BCUT2D eigenvalue weighted by Gasteiger charge is 2.07. The van der Waals surface area contributed by atoms with Gasteiger partial charge in [0.1, 0.15) is 5.82 Å². The Morgan fingerprint density at radius 1 is 1.38 bits per heavy atom. The molecule has 0 saturated heterocycles. The van der Waals surface area contributed by atoms with Gasteiger partial charge in [0.2, 0.25) is 0 Å². The Bertz CT molecular complexity index is 445. The minimum absolute atomic E-state index is 0.473. The van der Waals surface area contributed by atoms with Crippen LogP contribution in [0.1, 0.15) is 17.2 Å². The molecule has 3 heteroatoms. The number of hydrogen-bond acceptors (Lipinski definition) is 1. The molecule has 0 aliphatic heterocycles. The Hall–Kier alpha value is -1.02. The van der Waals surface area contributed by atoms with Gasteiger partial charge >= 0.3 is 0 Å². The monoisotopic (exact) mass is 194 g/mol. The lowest BCUT2D eigenvalue weighted by Crippen LogP contribution is -1.92. The van der Waals surface area contributed by atoms with Crippen LogP contribution >= 0.6 is 11.6 Å². The van der Waals surface area contributed by atoms with Crippen molar-refractivity contribution in [2.45, 2.75) is 19.7 Å². The van der Waals surface area contributed by atoms with E-state index in [0.717, 1.165) is 17.0 Å². The second kappa shape index (κ2) is 3.04. The van der Waals surface area contributed by atoms with Gasteiger partial charge in [-0.25, -0.2) is 4.98 Å². The number of imidazole rings is 1. The fraction of sp³-hybridized carbons (Fsp3) is 0.300. The van der Waals surface area contributed by atoms with Gasteiger partial charge in [0.25, 0.3) is 0 Å². The van der Waals surface area contributed by atoms with E-state index in [1.54, 1.807) is 0 Å². The number of fused-ring (bicyclic) bond motifs is 1. The lowest BCUT2D eigenvalue weighted by Gasteiger charge is -2.00. The van der Waals surface area contributed by atoms with Crippen molar-refractivity contribution in [2.24, 2.45) is 0 Å². The first-order valence-corrected chi connectivity index (χ1v) is 4.77. The van der Waals surface area contributed by atoms with Gasteiger partial charge in [0.15, 0.2) is 0 Å². The molecule has 2 aromatic rings. The standard InChI is InChI=1S/C10H11ClN2/c1-7-4-3-5-10-9(6-11)12-8(2)13(7)10/h3-5H,6H2,1-2H3. The smallest absolute Gasteiger partial charge is 0.110 e. The third kappa shape index (κ3) is 1.22. The van der Waals surface area contributed by atoms with E-state index in [-0.39, 0.29) is 0 Å². The topological polar surface area (TPSA) is 17.3 Å². The molecule has 2 aromatic heterocycles. The third-order valence-corrected chi connectivity index (χ3v) is 2.48. The molecule has 0 radical (unpaired) electrons. The largest absolute Gasteiger partial charge is 0.301 e. The predicted octanol–water partition coefficient (Wildman–Crippen LogP) is 2.69. The van der Waals surface area contributed by atoms with Crippen LogP contribution in [0, 0.1) is 13.8 Å². The van der Waals surface area contributed by atoms with Crippen molar-refractivity contribution < 1.29 is 0 Å². The van der Waals surface area contributed by atoms with Gasteiger partial charge in [-0.15, -0.1) is 11.6 Å². The minimum Gasteiger partial charge on any atom is -0.301 e. The summed E-state index contributed by atoms with van der Waals surface area (Å²) in [6.07, 6.45) is 0. The van der Waals surface area contributed by atoms with Crippen molar-refractivity contribution in [1.29, 1.82) is 0 Å². The fourth-order valence-electron chi connectivity index (χ4n) is 1.67. The van der Waals surface area contributed by atoms with E-state index in [9.17, 15) is 0 Å². The summed E-state index contributed by atoms with van der Waals surface area (Å²) in [7, 11) is 0. The Labute approximate surface area is 82.2 Å². The number of hydrogen-bond donors (Lipinski definition) is 0. The molecule has 2 rings (SSSR count). The minimum atomic E-state index is 0.473. The van der Waals surface area contributed by atoms with Crippen LogP contribution < -0.4 is 0 Å². The lowest BCUT2D eigenvalue weighted by atomic mass is 10.3. The Morgan fingerprint density at radius 2 is 2.15 bits per heavy atom. The second-order valence-electron chi connectivity index (χ2n) is 3.13. The second-order valence-corrected chi connectivity index (χ2v) is 3.39. The first-order valence-electron chi connectivity index (χ1n) is 4.23. The van der Waals surface area contributed by atoms with Crippen molar-refractivity contribution in [3.05, 3.63) is 35.4 Å². The van der Waals surface area contributed by atoms with Crippen LogP contribution in [0.2, 0.25) is 0 Å². The SMILES string of the molecule is Cc1cccc2c(CCl)nc(C)n12. The van der Waals surface area contributed by atoms with Crippen LogP contribution in [0.4, 0.5) is 0 Å². The third-order valence-electron chi connectivity index (χ3n) is 2.23. The number of nitrogens with zero attached hydrogens (tertiary/aromatic N) is 2. The van der Waals surface area contributed by atoms with E-state index in [1.165, 1.54) is 5.69 Å². The first-order chi connectivity index (χ1) is 6.24. The molecule has 13 heavy (non-hydrogen) atoms. The maximum Gasteiger partial charge on any atom is 0.110 e. The molecule has 0 N–H and O–H groups in total. The molecular formula is C10H11ClN2. The van der Waals surface area contributed by atoms with Gasteiger partial charge in [-0.3, -0.25) is 0 Å². The van der Waals surface area contributed by atoms with Crippen LogP contribution in [0.15, 0.2) is 18.2 Å². The van der Waals surface area contributed by atoms with Crippen LogP contribution in [-0.4, -0.2) is 9.38 Å². The molecule has 0 spiro atoms. The molecule has 0 unspecified atom stereocenters. The molecule has 0 atom stereocenters. The average molecular weight is 195 g/mol. The van der Waals surface area contributed by atoms with E-state index >= 15 is 0 Å². The van der Waals surface area contributed by atoms with Gasteiger partial charge in [-0.2, -0.15) is 0 Å². The number of halogens is 1. The first kappa shape index (κ1) is 8.57. The normalized spacial score (nSPS) is 11.0. The lowest BCUT2D eigenvalue weighted by molar-refractivity contribution is 0.992. The van der Waals surface area contributed by atoms with E-state index < -0.39 is 0 Å². The molecule has 0 aromatic carbocycles. The van der Waals surface area contributed by atoms with E-state index in [4.69, 9.17) is 11.6 Å². The molecule has 0 saturated carbocycles. The zero-order valence-corrected chi connectivity index (χ0v) is 8.47. The molecule has 0 aliphatic rings. The summed E-state index contributed by atoms with van der Waals surface area (Å²) in [6.45, 7) is 4.07. The van der Waals surface area contributed by atoms with Crippen molar-refractivity contribution >= 4 is 17.1 Å². The molecule has 68 valence electrons. The highest BCUT2D eigenvalue weighted by molar-refractivity contribution is 6.17. The summed E-state index contributed by atoms with van der Waals surface area (Å²) in [6, 6.07) is 6.15. The molecule has 0 aliphatic carbocycles. The average Bonchev–Trinajstić information content (AvgIpc) is 2.44. The fourth-order valence-corrected chi connectivity index (χ4v) is 1.87. The molecule has 2 nitrogen and oxygen atoms in total. The Kier molecular flexibility index (Phi) is 2.00. The van der Waals surface area contributed by atoms with Crippen LogP contribution in [0.5, 0.6) is 0 Å². The highest BCUT2D eigenvalue weighted by Crippen LogP contribution is 2.16. The maximum absolute atomic E-state index is 5.80. The van der Waals surface area contributed by atoms with Crippen molar-refractivity contribution in [2.75, 3.05) is 0 Å². The number of alkyl halides is 1. The Balaban J connectivity index is 2.87. The summed E-state index contributed by atoms with van der Waals surface area (Å²) in [5, 5.41) is 0. The summed E-state index contributed by atoms with van der Waals surface area (Å²) in [5.74, 6) is 1.48. The summed E-state index contributed by atoms with van der Waals surface area (Å²) in [5.41, 5.74) is 3.27. The number of rotatable bonds is 1. The zero-order chi connectivity index (χ0) is 9.42.